The van der Waals surface area contributed by atoms with Gasteiger partial charge in [0.1, 0.15) is 18.2 Å². The third kappa shape index (κ3) is 3.37. The number of hydrogen-bond donors (Lipinski definition) is 2. The van der Waals surface area contributed by atoms with Crippen molar-refractivity contribution in [3.05, 3.63) is 73.2 Å². The summed E-state index contributed by atoms with van der Waals surface area (Å²) < 4.78 is 7.57. The smallest absolute Gasteiger partial charge is 0.131 e. The molecule has 0 amide bonds. The molecule has 2 aromatic carbocycles. The van der Waals surface area contributed by atoms with Crippen LogP contribution in [0.15, 0.2) is 73.2 Å². The Morgan fingerprint density at radius 3 is 2.89 bits per heavy atom. The number of hydrogen-bond acceptors (Lipinski definition) is 5. The summed E-state index contributed by atoms with van der Waals surface area (Å²) >= 11 is 0. The van der Waals surface area contributed by atoms with E-state index in [1.165, 1.54) is 0 Å². The van der Waals surface area contributed by atoms with E-state index in [1.54, 1.807) is 10.9 Å². The summed E-state index contributed by atoms with van der Waals surface area (Å²) in [5.41, 5.74) is 3.00. The maximum absolute atomic E-state index is 5.83. The SMILES string of the molecule is c1cn(CCOc2ccc3ccc(Nc4ccc5[nH]ccc5c4)nc3c2)nn1. The van der Waals surface area contributed by atoms with Gasteiger partial charge in [-0.1, -0.05) is 5.21 Å². The molecule has 0 bridgehead atoms. The molecule has 0 aliphatic rings. The molecule has 3 heterocycles. The highest BCUT2D eigenvalue weighted by molar-refractivity contribution is 5.85. The predicted molar refractivity (Wildman–Crippen MR) is 109 cm³/mol. The number of pyridine rings is 1. The Hall–Kier alpha value is -3.87. The Kier molecular flexibility index (Phi) is 4.10. The van der Waals surface area contributed by atoms with Gasteiger partial charge in [-0.3, -0.25) is 0 Å². The Bertz CT molecular complexity index is 1230. The standard InChI is InChI=1S/C21H18N6O/c1-4-18(28-12-11-27-10-9-23-26-27)14-20-15(1)2-6-21(25-20)24-17-3-5-19-16(13-17)7-8-22-19/h1-10,13-14,22H,11-12H2,(H,24,25). The molecule has 3 aromatic heterocycles. The van der Waals surface area contributed by atoms with Gasteiger partial charge in [0, 0.05) is 40.4 Å². The van der Waals surface area contributed by atoms with E-state index in [9.17, 15) is 0 Å². The van der Waals surface area contributed by atoms with Crippen molar-refractivity contribution in [3.63, 3.8) is 0 Å². The predicted octanol–water partition coefficient (Wildman–Crippen LogP) is 4.13. The molecule has 0 radical (unpaired) electrons. The first kappa shape index (κ1) is 16.3. The van der Waals surface area contributed by atoms with Crippen LogP contribution in [0.2, 0.25) is 0 Å². The first-order valence-corrected chi connectivity index (χ1v) is 9.05. The van der Waals surface area contributed by atoms with Crippen molar-refractivity contribution in [2.24, 2.45) is 0 Å². The fourth-order valence-electron chi connectivity index (χ4n) is 3.14. The largest absolute Gasteiger partial charge is 0.492 e. The van der Waals surface area contributed by atoms with Crippen LogP contribution >= 0.6 is 0 Å². The maximum Gasteiger partial charge on any atom is 0.131 e. The van der Waals surface area contributed by atoms with Gasteiger partial charge in [0.15, 0.2) is 0 Å². The summed E-state index contributed by atoms with van der Waals surface area (Å²) in [4.78, 5) is 7.93. The average Bonchev–Trinajstić information content (AvgIpc) is 3.39. The molecule has 0 unspecified atom stereocenters. The number of nitrogens with one attached hydrogen (secondary N) is 2. The number of H-pyrrole nitrogens is 1. The van der Waals surface area contributed by atoms with Crippen LogP contribution in [0, 0.1) is 0 Å². The number of aromatic nitrogens is 5. The summed E-state index contributed by atoms with van der Waals surface area (Å²) in [6.07, 6.45) is 5.41. The Labute approximate surface area is 161 Å². The Morgan fingerprint density at radius 2 is 1.96 bits per heavy atom. The summed E-state index contributed by atoms with van der Waals surface area (Å²) in [5, 5.41) is 13.3. The molecule has 0 aliphatic heterocycles. The highest BCUT2D eigenvalue weighted by Crippen LogP contribution is 2.24. The van der Waals surface area contributed by atoms with Crippen LogP contribution in [0.4, 0.5) is 11.5 Å². The summed E-state index contributed by atoms with van der Waals surface area (Å²) in [6, 6.07) is 18.2. The summed E-state index contributed by atoms with van der Waals surface area (Å²) in [6.45, 7) is 1.16. The van der Waals surface area contributed by atoms with E-state index in [4.69, 9.17) is 9.72 Å². The van der Waals surface area contributed by atoms with Crippen molar-refractivity contribution in [1.82, 2.24) is 25.0 Å². The second kappa shape index (κ2) is 7.03. The lowest BCUT2D eigenvalue weighted by Crippen LogP contribution is -2.08. The van der Waals surface area contributed by atoms with Gasteiger partial charge in [-0.05, 0) is 48.5 Å². The molecule has 28 heavy (non-hydrogen) atoms. The Morgan fingerprint density at radius 1 is 1.00 bits per heavy atom. The normalized spacial score (nSPS) is 11.1. The molecule has 0 spiro atoms. The van der Waals surface area contributed by atoms with Crippen LogP contribution in [-0.4, -0.2) is 31.6 Å². The number of rotatable bonds is 6. The monoisotopic (exact) mass is 370 g/mol. The van der Waals surface area contributed by atoms with Gasteiger partial charge in [-0.15, -0.1) is 5.10 Å². The van der Waals surface area contributed by atoms with Gasteiger partial charge >= 0.3 is 0 Å². The molecule has 7 heteroatoms. The van der Waals surface area contributed by atoms with Gasteiger partial charge in [0.2, 0.25) is 0 Å². The van der Waals surface area contributed by atoms with Crippen molar-refractivity contribution >= 4 is 33.3 Å². The molecule has 5 aromatic rings. The van der Waals surface area contributed by atoms with Gasteiger partial charge in [-0.25, -0.2) is 9.67 Å². The van der Waals surface area contributed by atoms with Crippen molar-refractivity contribution in [2.45, 2.75) is 6.54 Å². The zero-order valence-corrected chi connectivity index (χ0v) is 15.0. The highest BCUT2D eigenvalue weighted by Gasteiger charge is 2.03. The summed E-state index contributed by atoms with van der Waals surface area (Å²) in [5.74, 6) is 1.58. The van der Waals surface area contributed by atoms with Crippen LogP contribution in [0.25, 0.3) is 21.8 Å². The second-order valence-corrected chi connectivity index (χ2v) is 6.47. The molecule has 0 fully saturated rings. The number of aromatic amines is 1. The number of ether oxygens (including phenoxy) is 1. The molecule has 7 nitrogen and oxygen atoms in total. The Balaban J connectivity index is 1.33. The maximum atomic E-state index is 5.83. The topological polar surface area (TPSA) is 80.6 Å². The van der Waals surface area contributed by atoms with Crippen LogP contribution in [0.3, 0.4) is 0 Å². The van der Waals surface area contributed by atoms with Crippen LogP contribution < -0.4 is 10.1 Å². The van der Waals surface area contributed by atoms with Crippen molar-refractivity contribution in [1.29, 1.82) is 0 Å². The van der Waals surface area contributed by atoms with Crippen LogP contribution in [-0.2, 0) is 6.54 Å². The van der Waals surface area contributed by atoms with E-state index < -0.39 is 0 Å². The van der Waals surface area contributed by atoms with E-state index in [0.29, 0.717) is 13.2 Å². The fraction of sp³-hybridized carbons (Fsp3) is 0.0952. The third-order valence-corrected chi connectivity index (χ3v) is 4.55. The minimum atomic E-state index is 0.517. The zero-order chi connectivity index (χ0) is 18.8. The first-order valence-electron chi connectivity index (χ1n) is 9.05. The second-order valence-electron chi connectivity index (χ2n) is 6.47. The van der Waals surface area contributed by atoms with Gasteiger partial charge in [-0.2, -0.15) is 0 Å². The number of benzene rings is 2. The van der Waals surface area contributed by atoms with Crippen molar-refractivity contribution in [3.8, 4) is 5.75 Å². The lowest BCUT2D eigenvalue weighted by atomic mass is 10.2. The molecule has 0 saturated heterocycles. The molecule has 5 rings (SSSR count). The zero-order valence-electron chi connectivity index (χ0n) is 15.0. The molecular formula is C21H18N6O. The highest BCUT2D eigenvalue weighted by atomic mass is 16.5. The van der Waals surface area contributed by atoms with Gasteiger partial charge in [0.25, 0.3) is 0 Å². The molecule has 0 atom stereocenters. The minimum Gasteiger partial charge on any atom is -0.492 e. The first-order chi connectivity index (χ1) is 13.8. The lowest BCUT2D eigenvalue weighted by Gasteiger charge is -2.09. The summed E-state index contributed by atoms with van der Waals surface area (Å²) in [7, 11) is 0. The van der Waals surface area contributed by atoms with E-state index in [0.717, 1.165) is 39.1 Å². The van der Waals surface area contributed by atoms with Gasteiger partial charge in [0.05, 0.1) is 18.3 Å². The number of nitrogens with zero attached hydrogens (tertiary/aromatic N) is 4. The fourth-order valence-corrected chi connectivity index (χ4v) is 3.14. The molecule has 2 N–H and O–H groups in total. The van der Waals surface area contributed by atoms with Crippen molar-refractivity contribution < 1.29 is 4.74 Å². The quantitative estimate of drug-likeness (QED) is 0.470. The minimum absolute atomic E-state index is 0.517. The van der Waals surface area contributed by atoms with Crippen LogP contribution in [0.5, 0.6) is 5.75 Å². The van der Waals surface area contributed by atoms with Gasteiger partial charge < -0.3 is 15.0 Å². The molecular weight excluding hydrogens is 352 g/mol. The van der Waals surface area contributed by atoms with E-state index >= 15 is 0 Å². The number of anilines is 2. The molecule has 138 valence electrons. The average molecular weight is 370 g/mol. The lowest BCUT2D eigenvalue weighted by molar-refractivity contribution is 0.290. The van der Waals surface area contributed by atoms with Crippen molar-refractivity contribution in [2.75, 3.05) is 11.9 Å². The molecule has 0 aliphatic carbocycles. The van der Waals surface area contributed by atoms with Crippen LogP contribution in [0.1, 0.15) is 0 Å². The number of fused-ring (bicyclic) bond motifs is 2. The van der Waals surface area contributed by atoms with E-state index in [2.05, 4.69) is 44.9 Å². The third-order valence-electron chi connectivity index (χ3n) is 4.55. The van der Waals surface area contributed by atoms with E-state index in [1.807, 2.05) is 42.7 Å². The van der Waals surface area contributed by atoms with E-state index in [-0.39, 0.29) is 0 Å². The molecule has 0 saturated carbocycles.